The van der Waals surface area contributed by atoms with Crippen molar-refractivity contribution in [3.8, 4) is 5.75 Å². The van der Waals surface area contributed by atoms with E-state index in [-0.39, 0.29) is 5.91 Å². The number of hydrogen-bond donors (Lipinski definition) is 1. The van der Waals surface area contributed by atoms with Crippen LogP contribution in [0.25, 0.3) is 6.08 Å². The van der Waals surface area contributed by atoms with Gasteiger partial charge in [0, 0.05) is 34.5 Å². The minimum atomic E-state index is -0.299. The van der Waals surface area contributed by atoms with Crippen LogP contribution in [0.4, 0.5) is 0 Å². The summed E-state index contributed by atoms with van der Waals surface area (Å²) >= 11 is 13.8. The van der Waals surface area contributed by atoms with Crippen LogP contribution in [0.5, 0.6) is 5.75 Å². The zero-order valence-corrected chi connectivity index (χ0v) is 18.7. The molecule has 158 valence electrons. The molecule has 0 bridgehead atoms. The molecular weight excluding hydrogens is 457 g/mol. The van der Waals surface area contributed by atoms with Crippen molar-refractivity contribution < 1.29 is 9.53 Å². The van der Waals surface area contributed by atoms with Gasteiger partial charge in [-0.3, -0.25) is 4.79 Å². The van der Waals surface area contributed by atoms with Crippen LogP contribution >= 0.6 is 35.0 Å². The van der Waals surface area contributed by atoms with E-state index in [1.807, 2.05) is 29.8 Å². The van der Waals surface area contributed by atoms with E-state index in [0.717, 1.165) is 27.6 Å². The monoisotopic (exact) mass is 473 g/mol. The summed E-state index contributed by atoms with van der Waals surface area (Å²) < 4.78 is 7.52. The number of aryl methyl sites for hydroxylation is 1. The Bertz CT molecular complexity index is 1180. The number of thioether (sulfide) groups is 1. The Kier molecular flexibility index (Phi) is 6.60. The Morgan fingerprint density at radius 3 is 2.87 bits per heavy atom. The number of nitrogens with zero attached hydrogens (tertiary/aromatic N) is 4. The molecule has 0 saturated heterocycles. The van der Waals surface area contributed by atoms with Crippen molar-refractivity contribution in [3.63, 3.8) is 0 Å². The third-order valence-corrected chi connectivity index (χ3v) is 6.02. The molecule has 1 aromatic heterocycles. The van der Waals surface area contributed by atoms with E-state index >= 15 is 0 Å². The first kappa shape index (κ1) is 21.4. The van der Waals surface area contributed by atoms with Crippen LogP contribution in [-0.2, 0) is 12.8 Å². The number of ether oxygens (including phenoxy) is 1. The fraction of sp³-hybridized carbons (Fsp3) is 0.143. The lowest BCUT2D eigenvalue weighted by atomic mass is 10.1. The van der Waals surface area contributed by atoms with Crippen LogP contribution < -0.4 is 10.2 Å². The highest BCUT2D eigenvalue weighted by atomic mass is 35.5. The molecule has 2 heterocycles. The molecule has 3 aromatic rings. The van der Waals surface area contributed by atoms with E-state index in [2.05, 4.69) is 20.7 Å². The molecule has 7 nitrogen and oxygen atoms in total. The number of benzene rings is 2. The van der Waals surface area contributed by atoms with Gasteiger partial charge in [0.2, 0.25) is 0 Å². The average molecular weight is 474 g/mol. The maximum Gasteiger partial charge on any atom is 0.271 e. The predicted octanol–water partition coefficient (Wildman–Crippen LogP) is 4.61. The van der Waals surface area contributed by atoms with Gasteiger partial charge in [-0.1, -0.05) is 47.1 Å². The van der Waals surface area contributed by atoms with Gasteiger partial charge in [0.05, 0.1) is 11.2 Å². The lowest BCUT2D eigenvalue weighted by molar-refractivity contribution is 0.0955. The second kappa shape index (κ2) is 9.55. The molecule has 0 aliphatic carbocycles. The lowest BCUT2D eigenvalue weighted by Gasteiger charge is -2.17. The number of amides is 1. The number of aromatic nitrogens is 3. The third kappa shape index (κ3) is 5.28. The molecule has 1 N–H and O–H groups in total. The quantitative estimate of drug-likeness (QED) is 0.321. The molecule has 1 aliphatic heterocycles. The lowest BCUT2D eigenvalue weighted by Crippen LogP contribution is -2.18. The number of nitrogens with one attached hydrogen (secondary N) is 1. The van der Waals surface area contributed by atoms with Crippen LogP contribution in [0.2, 0.25) is 10.0 Å². The Labute approximate surface area is 193 Å². The highest BCUT2D eigenvalue weighted by Crippen LogP contribution is 2.36. The summed E-state index contributed by atoms with van der Waals surface area (Å²) in [6, 6.07) is 10.7. The largest absolute Gasteiger partial charge is 0.487 e. The zero-order valence-electron chi connectivity index (χ0n) is 16.4. The first-order valence-corrected chi connectivity index (χ1v) is 11.0. The van der Waals surface area contributed by atoms with Gasteiger partial charge in [0.25, 0.3) is 5.91 Å². The first-order valence-electron chi connectivity index (χ1n) is 9.21. The van der Waals surface area contributed by atoms with Crippen molar-refractivity contribution in [2.45, 2.75) is 10.9 Å². The van der Waals surface area contributed by atoms with Crippen LogP contribution in [0.1, 0.15) is 21.5 Å². The molecular formula is C21H17Cl2N5O2S. The highest BCUT2D eigenvalue weighted by molar-refractivity contribution is 7.98. The van der Waals surface area contributed by atoms with E-state index in [1.165, 1.54) is 0 Å². The third-order valence-electron chi connectivity index (χ3n) is 4.41. The Balaban J connectivity index is 1.34. The van der Waals surface area contributed by atoms with Gasteiger partial charge in [0.1, 0.15) is 18.7 Å². The maximum atomic E-state index is 12.3. The van der Waals surface area contributed by atoms with Gasteiger partial charge in [-0.2, -0.15) is 5.10 Å². The van der Waals surface area contributed by atoms with Gasteiger partial charge < -0.3 is 9.30 Å². The number of carbonyl (C=O) groups excluding carboxylic acids is 1. The number of carbonyl (C=O) groups is 1. The molecule has 0 unspecified atom stereocenters. The Hall–Kier alpha value is -2.81. The topological polar surface area (TPSA) is 81.4 Å². The second-order valence-electron chi connectivity index (χ2n) is 6.72. The van der Waals surface area contributed by atoms with Gasteiger partial charge >= 0.3 is 0 Å². The minimum Gasteiger partial charge on any atom is -0.487 e. The van der Waals surface area contributed by atoms with Crippen LogP contribution in [-0.4, -0.2) is 33.5 Å². The van der Waals surface area contributed by atoms with Crippen molar-refractivity contribution in [2.75, 3.05) is 6.61 Å². The zero-order chi connectivity index (χ0) is 21.8. The molecule has 10 heteroatoms. The summed E-state index contributed by atoms with van der Waals surface area (Å²) in [6.07, 6.45) is 5.08. The van der Waals surface area contributed by atoms with E-state index in [4.69, 9.17) is 27.9 Å². The number of rotatable bonds is 6. The van der Waals surface area contributed by atoms with E-state index < -0.39 is 0 Å². The molecule has 31 heavy (non-hydrogen) atoms. The van der Waals surface area contributed by atoms with Crippen molar-refractivity contribution in [3.05, 3.63) is 75.0 Å². The van der Waals surface area contributed by atoms with Crippen molar-refractivity contribution in [1.29, 1.82) is 0 Å². The second-order valence-corrected chi connectivity index (χ2v) is 8.51. The summed E-state index contributed by atoms with van der Waals surface area (Å²) in [4.78, 5) is 12.3. The van der Waals surface area contributed by atoms with Crippen molar-refractivity contribution in [2.24, 2.45) is 12.1 Å². The van der Waals surface area contributed by atoms with Gasteiger partial charge in [-0.25, -0.2) is 5.43 Å². The van der Waals surface area contributed by atoms with E-state index in [9.17, 15) is 4.79 Å². The fourth-order valence-corrected chi connectivity index (χ4v) is 4.26. The van der Waals surface area contributed by atoms with Crippen molar-refractivity contribution in [1.82, 2.24) is 20.2 Å². The molecule has 1 aliphatic rings. The van der Waals surface area contributed by atoms with Crippen LogP contribution in [0.3, 0.4) is 0 Å². The predicted molar refractivity (Wildman–Crippen MR) is 123 cm³/mol. The Morgan fingerprint density at radius 1 is 1.32 bits per heavy atom. The molecule has 0 radical (unpaired) electrons. The van der Waals surface area contributed by atoms with Crippen LogP contribution in [0, 0.1) is 0 Å². The summed E-state index contributed by atoms with van der Waals surface area (Å²) in [5, 5.41) is 13.7. The van der Waals surface area contributed by atoms with E-state index in [1.54, 1.807) is 48.6 Å². The molecule has 2 aromatic carbocycles. The fourth-order valence-electron chi connectivity index (χ4n) is 2.85. The van der Waals surface area contributed by atoms with Crippen LogP contribution in [0.15, 0.2) is 58.6 Å². The number of hydrazone groups is 1. The standard InChI is InChI=1S/C21H17Cl2N5O2S/c1-28-12-25-27-21(28)31-11-13-2-4-15(5-3-13)20(29)26-24-9-14-6-16-7-17(22)8-18(23)19(16)30-10-14/h2-9,12H,10-11H2,1H3,(H,26,29)/b24-9+. The molecule has 4 rings (SSSR count). The maximum absolute atomic E-state index is 12.3. The molecule has 0 spiro atoms. The average Bonchev–Trinajstić information content (AvgIpc) is 3.17. The Morgan fingerprint density at radius 2 is 2.13 bits per heavy atom. The minimum absolute atomic E-state index is 0.297. The normalized spacial score (nSPS) is 12.9. The number of hydrogen-bond acceptors (Lipinski definition) is 6. The molecule has 1 amide bonds. The number of fused-ring (bicyclic) bond motifs is 1. The molecule has 0 saturated carbocycles. The van der Waals surface area contributed by atoms with E-state index in [0.29, 0.717) is 28.0 Å². The van der Waals surface area contributed by atoms with Gasteiger partial charge in [-0.15, -0.1) is 10.2 Å². The summed E-state index contributed by atoms with van der Waals surface area (Å²) in [5.41, 5.74) is 5.67. The smallest absolute Gasteiger partial charge is 0.271 e. The first-order chi connectivity index (χ1) is 15.0. The summed E-state index contributed by atoms with van der Waals surface area (Å²) in [6.45, 7) is 0.297. The summed E-state index contributed by atoms with van der Waals surface area (Å²) in [5.74, 6) is 1.02. The summed E-state index contributed by atoms with van der Waals surface area (Å²) in [7, 11) is 1.90. The molecule has 0 fully saturated rings. The SMILES string of the molecule is Cn1cnnc1SCc1ccc(C(=O)N/N=C/C2=Cc3cc(Cl)cc(Cl)c3OC2)cc1. The number of halogens is 2. The van der Waals surface area contributed by atoms with Crippen molar-refractivity contribution >= 4 is 53.2 Å². The highest BCUT2D eigenvalue weighted by Gasteiger charge is 2.15. The van der Waals surface area contributed by atoms with Gasteiger partial charge in [-0.05, 0) is 35.9 Å². The molecule has 0 atom stereocenters. The van der Waals surface area contributed by atoms with Gasteiger partial charge in [0.15, 0.2) is 5.16 Å².